The van der Waals surface area contributed by atoms with Gasteiger partial charge in [-0.15, -0.1) is 11.3 Å². The molecule has 0 saturated carbocycles. The largest absolute Gasteiger partial charge is 0.244 e. The molecular formula is C17H15N3O2S2. The molecule has 2 aromatic carbocycles. The summed E-state index contributed by atoms with van der Waals surface area (Å²) in [6, 6.07) is 15.4. The number of para-hydroxylation sites is 1. The quantitative estimate of drug-likeness (QED) is 0.716. The molecule has 3 rings (SSSR count). The SMILES string of the molecule is C[C@H](c1nc2ccccc2s1)N(C)S(=O)(=O)c1ccccc1C#N. The van der Waals surface area contributed by atoms with Crippen molar-refractivity contribution in [3.63, 3.8) is 0 Å². The van der Waals surface area contributed by atoms with Crippen molar-refractivity contribution in [2.75, 3.05) is 7.05 Å². The summed E-state index contributed by atoms with van der Waals surface area (Å²) in [7, 11) is -2.27. The van der Waals surface area contributed by atoms with Crippen LogP contribution in [-0.2, 0) is 10.0 Å². The van der Waals surface area contributed by atoms with Gasteiger partial charge in [0, 0.05) is 7.05 Å². The minimum atomic E-state index is -3.79. The molecule has 0 spiro atoms. The normalized spacial score (nSPS) is 13.1. The molecule has 1 heterocycles. The Kier molecular flexibility index (Phi) is 4.37. The Labute approximate surface area is 144 Å². The van der Waals surface area contributed by atoms with Crippen molar-refractivity contribution in [1.82, 2.24) is 9.29 Å². The maximum absolute atomic E-state index is 12.9. The summed E-state index contributed by atoms with van der Waals surface area (Å²) in [5.74, 6) is 0. The second kappa shape index (κ2) is 6.32. The van der Waals surface area contributed by atoms with Crippen molar-refractivity contribution in [3.8, 4) is 6.07 Å². The third-order valence-electron chi connectivity index (χ3n) is 3.88. The van der Waals surface area contributed by atoms with E-state index in [4.69, 9.17) is 0 Å². The van der Waals surface area contributed by atoms with Crippen LogP contribution in [0.1, 0.15) is 23.5 Å². The number of fused-ring (bicyclic) bond motifs is 1. The lowest BCUT2D eigenvalue weighted by Gasteiger charge is -2.23. The van der Waals surface area contributed by atoms with Crippen LogP contribution in [0.15, 0.2) is 53.4 Å². The third kappa shape index (κ3) is 2.80. The predicted molar refractivity (Wildman–Crippen MR) is 94.1 cm³/mol. The molecule has 7 heteroatoms. The van der Waals surface area contributed by atoms with E-state index in [-0.39, 0.29) is 10.5 Å². The summed E-state index contributed by atoms with van der Waals surface area (Å²) < 4.78 is 28.1. The van der Waals surface area contributed by atoms with Crippen LogP contribution in [0.2, 0.25) is 0 Å². The van der Waals surface area contributed by atoms with E-state index >= 15 is 0 Å². The van der Waals surface area contributed by atoms with Crippen LogP contribution in [0, 0.1) is 11.3 Å². The van der Waals surface area contributed by atoms with Gasteiger partial charge in [-0.3, -0.25) is 0 Å². The average molecular weight is 357 g/mol. The van der Waals surface area contributed by atoms with E-state index in [2.05, 4.69) is 4.98 Å². The average Bonchev–Trinajstić information content (AvgIpc) is 3.04. The maximum atomic E-state index is 12.9. The van der Waals surface area contributed by atoms with Gasteiger partial charge in [0.2, 0.25) is 10.0 Å². The Morgan fingerprint density at radius 3 is 2.54 bits per heavy atom. The second-order valence-corrected chi connectivity index (χ2v) is 8.35. The zero-order chi connectivity index (χ0) is 17.3. The van der Waals surface area contributed by atoms with E-state index in [9.17, 15) is 13.7 Å². The van der Waals surface area contributed by atoms with Crippen molar-refractivity contribution in [2.24, 2.45) is 0 Å². The lowest BCUT2D eigenvalue weighted by molar-refractivity contribution is 0.397. The molecule has 3 aromatic rings. The van der Waals surface area contributed by atoms with Gasteiger partial charge in [0.05, 0.1) is 26.7 Å². The molecule has 24 heavy (non-hydrogen) atoms. The van der Waals surface area contributed by atoms with Crippen LogP contribution in [0.3, 0.4) is 0 Å². The summed E-state index contributed by atoms with van der Waals surface area (Å²) in [6.45, 7) is 1.80. The smallest absolute Gasteiger partial charge is 0.239 e. The molecule has 0 aliphatic heterocycles. The predicted octanol–water partition coefficient (Wildman–Crippen LogP) is 3.55. The first-order valence-electron chi connectivity index (χ1n) is 7.28. The van der Waals surface area contributed by atoms with E-state index < -0.39 is 16.1 Å². The van der Waals surface area contributed by atoms with E-state index in [1.807, 2.05) is 30.3 Å². The first kappa shape index (κ1) is 16.6. The first-order valence-corrected chi connectivity index (χ1v) is 9.53. The highest BCUT2D eigenvalue weighted by atomic mass is 32.2. The zero-order valence-electron chi connectivity index (χ0n) is 13.2. The van der Waals surface area contributed by atoms with Gasteiger partial charge < -0.3 is 0 Å². The van der Waals surface area contributed by atoms with Crippen molar-refractivity contribution in [2.45, 2.75) is 17.9 Å². The number of aromatic nitrogens is 1. The Bertz CT molecular complexity index is 1000. The molecule has 0 bridgehead atoms. The van der Waals surface area contributed by atoms with Gasteiger partial charge in [-0.05, 0) is 31.2 Å². The highest BCUT2D eigenvalue weighted by molar-refractivity contribution is 7.89. The highest BCUT2D eigenvalue weighted by Crippen LogP contribution is 2.32. The number of hydrogen-bond acceptors (Lipinski definition) is 5. The minimum absolute atomic E-state index is 0.0166. The van der Waals surface area contributed by atoms with Crippen LogP contribution < -0.4 is 0 Å². The number of benzene rings is 2. The number of hydrogen-bond donors (Lipinski definition) is 0. The molecule has 1 atom stereocenters. The molecular weight excluding hydrogens is 342 g/mol. The molecule has 5 nitrogen and oxygen atoms in total. The molecule has 0 aliphatic carbocycles. The van der Waals surface area contributed by atoms with Crippen LogP contribution in [0.25, 0.3) is 10.2 Å². The molecule has 0 amide bonds. The molecule has 1 aromatic heterocycles. The topological polar surface area (TPSA) is 74.1 Å². The van der Waals surface area contributed by atoms with Crippen molar-refractivity contribution < 1.29 is 8.42 Å². The van der Waals surface area contributed by atoms with E-state index in [1.165, 1.54) is 34.8 Å². The number of nitrogens with zero attached hydrogens (tertiary/aromatic N) is 3. The number of thiazole rings is 1. The molecule has 0 unspecified atom stereocenters. The van der Waals surface area contributed by atoms with Crippen LogP contribution >= 0.6 is 11.3 Å². The summed E-state index contributed by atoms with van der Waals surface area (Å²) in [4.78, 5) is 4.55. The Morgan fingerprint density at radius 1 is 1.17 bits per heavy atom. The van der Waals surface area contributed by atoms with Gasteiger partial charge in [0.15, 0.2) is 0 Å². The molecule has 0 radical (unpaired) electrons. The molecule has 0 fully saturated rings. The summed E-state index contributed by atoms with van der Waals surface area (Å²) in [5.41, 5.74) is 0.994. The molecule has 0 N–H and O–H groups in total. The maximum Gasteiger partial charge on any atom is 0.244 e. The zero-order valence-corrected chi connectivity index (χ0v) is 14.8. The fraction of sp³-hybridized carbons (Fsp3) is 0.176. The van der Waals surface area contributed by atoms with Gasteiger partial charge in [-0.1, -0.05) is 24.3 Å². The number of rotatable bonds is 4. The van der Waals surface area contributed by atoms with Gasteiger partial charge >= 0.3 is 0 Å². The van der Waals surface area contributed by atoms with Gasteiger partial charge in [0.25, 0.3) is 0 Å². The van der Waals surface area contributed by atoms with E-state index in [0.29, 0.717) is 0 Å². The van der Waals surface area contributed by atoms with Crippen LogP contribution in [-0.4, -0.2) is 24.8 Å². The Hall–Kier alpha value is -2.27. The van der Waals surface area contributed by atoms with E-state index in [0.717, 1.165) is 15.2 Å². The molecule has 0 aliphatic rings. The molecule has 122 valence electrons. The second-order valence-electron chi connectivity index (χ2n) is 5.33. The fourth-order valence-electron chi connectivity index (χ4n) is 2.37. The summed E-state index contributed by atoms with van der Waals surface area (Å²) in [6.07, 6.45) is 0. The van der Waals surface area contributed by atoms with Crippen molar-refractivity contribution >= 4 is 31.6 Å². The Morgan fingerprint density at radius 2 is 1.83 bits per heavy atom. The van der Waals surface area contributed by atoms with E-state index in [1.54, 1.807) is 19.1 Å². The lowest BCUT2D eigenvalue weighted by atomic mass is 10.2. The van der Waals surface area contributed by atoms with Gasteiger partial charge in [-0.25, -0.2) is 13.4 Å². The summed E-state index contributed by atoms with van der Waals surface area (Å²) >= 11 is 1.47. The third-order valence-corrected chi connectivity index (χ3v) is 7.07. The van der Waals surface area contributed by atoms with Crippen molar-refractivity contribution in [1.29, 1.82) is 5.26 Å². The fourth-order valence-corrected chi connectivity index (χ4v) is 4.97. The van der Waals surface area contributed by atoms with Gasteiger partial charge in [-0.2, -0.15) is 9.57 Å². The Balaban J connectivity index is 2.00. The van der Waals surface area contributed by atoms with Crippen molar-refractivity contribution in [3.05, 3.63) is 59.1 Å². The van der Waals surface area contributed by atoms with Gasteiger partial charge in [0.1, 0.15) is 11.1 Å². The number of nitriles is 1. The standard InChI is InChI=1S/C17H15N3O2S2/c1-12(17-19-14-8-4-5-9-15(14)23-17)20(2)24(21,22)16-10-6-3-7-13(16)11-18/h3-10,12H,1-2H3/t12-/m1/s1. The first-order chi connectivity index (χ1) is 11.4. The highest BCUT2D eigenvalue weighted by Gasteiger charge is 2.30. The van der Waals surface area contributed by atoms with Crippen LogP contribution in [0.4, 0.5) is 0 Å². The van der Waals surface area contributed by atoms with Crippen LogP contribution in [0.5, 0.6) is 0 Å². The minimum Gasteiger partial charge on any atom is -0.239 e. The summed E-state index contributed by atoms with van der Waals surface area (Å²) in [5, 5.41) is 9.89. The molecule has 0 saturated heterocycles. The monoisotopic (exact) mass is 357 g/mol. The number of sulfonamides is 1. The lowest BCUT2D eigenvalue weighted by Crippen LogP contribution is -2.30.